The minimum atomic E-state index is -0.701. The second-order valence-electron chi connectivity index (χ2n) is 11.5. The number of imide groups is 1. The average Bonchev–Trinajstić information content (AvgIpc) is 3.61. The fraction of sp³-hybridized carbons (Fsp3) is 0.200. The molecule has 1 aromatic heterocycles. The van der Waals surface area contributed by atoms with Crippen LogP contribution in [-0.2, 0) is 10.2 Å². The van der Waals surface area contributed by atoms with Gasteiger partial charge >= 0.3 is 12.1 Å². The lowest BCUT2D eigenvalue weighted by Crippen LogP contribution is -2.39. The molecule has 5 rings (SSSR count). The predicted molar refractivity (Wildman–Crippen MR) is 173 cm³/mol. The van der Waals surface area contributed by atoms with Crippen molar-refractivity contribution in [1.29, 1.82) is 0 Å². The highest BCUT2D eigenvalue weighted by Gasteiger charge is 2.39. The Morgan fingerprint density at radius 3 is 2.52 bits per heavy atom. The van der Waals surface area contributed by atoms with Crippen molar-refractivity contribution in [3.05, 3.63) is 121 Å². The van der Waals surface area contributed by atoms with E-state index in [1.54, 1.807) is 47.2 Å². The third-order valence-electron chi connectivity index (χ3n) is 7.32. The van der Waals surface area contributed by atoms with Crippen molar-refractivity contribution in [2.75, 3.05) is 17.2 Å². The van der Waals surface area contributed by atoms with Crippen molar-refractivity contribution in [3.63, 3.8) is 0 Å². The third-order valence-corrected chi connectivity index (χ3v) is 7.32. The van der Waals surface area contributed by atoms with Crippen LogP contribution in [0.15, 0.2) is 109 Å². The second kappa shape index (κ2) is 12.4. The lowest BCUT2D eigenvalue weighted by Gasteiger charge is -2.20. The first-order valence-corrected chi connectivity index (χ1v) is 14.3. The molecule has 1 aliphatic heterocycles. The summed E-state index contributed by atoms with van der Waals surface area (Å²) in [6, 6.07) is 21.1. The van der Waals surface area contributed by atoms with Crippen LogP contribution in [0.25, 0.3) is 16.5 Å². The van der Waals surface area contributed by atoms with Gasteiger partial charge in [0, 0.05) is 22.4 Å². The first-order valence-electron chi connectivity index (χ1n) is 14.3. The van der Waals surface area contributed by atoms with Crippen molar-refractivity contribution in [1.82, 2.24) is 14.7 Å². The van der Waals surface area contributed by atoms with Gasteiger partial charge < -0.3 is 10.1 Å². The molecule has 4 aromatic rings. The Hall–Kier alpha value is -5.44. The molecule has 9 heteroatoms. The van der Waals surface area contributed by atoms with Gasteiger partial charge in [0.1, 0.15) is 12.4 Å². The largest absolute Gasteiger partial charge is 0.447 e. The molecule has 4 amide bonds. The highest BCUT2D eigenvalue weighted by Crippen LogP contribution is 2.29. The molecule has 0 bridgehead atoms. The zero-order chi connectivity index (χ0) is 31.4. The minimum Gasteiger partial charge on any atom is -0.447 e. The van der Waals surface area contributed by atoms with E-state index in [1.807, 2.05) is 82.3 Å². The summed E-state index contributed by atoms with van der Waals surface area (Å²) in [6.07, 6.45) is 6.33. The van der Waals surface area contributed by atoms with Crippen molar-refractivity contribution >= 4 is 40.3 Å². The number of ether oxygens (including phenoxy) is 1. The maximum Gasteiger partial charge on any atom is 0.417 e. The lowest BCUT2D eigenvalue weighted by atomic mass is 9.92. The van der Waals surface area contributed by atoms with Crippen LogP contribution >= 0.6 is 0 Å². The minimum absolute atomic E-state index is 0.0719. The van der Waals surface area contributed by atoms with E-state index in [-0.39, 0.29) is 17.6 Å². The van der Waals surface area contributed by atoms with E-state index in [0.717, 1.165) is 26.9 Å². The van der Waals surface area contributed by atoms with Gasteiger partial charge in [-0.3, -0.25) is 10.1 Å². The van der Waals surface area contributed by atoms with Gasteiger partial charge in [-0.15, -0.1) is 0 Å². The summed E-state index contributed by atoms with van der Waals surface area (Å²) in [4.78, 5) is 40.7. The number of urea groups is 1. The number of rotatable bonds is 7. The van der Waals surface area contributed by atoms with E-state index in [9.17, 15) is 14.4 Å². The van der Waals surface area contributed by atoms with Gasteiger partial charge in [0.15, 0.2) is 0 Å². The fourth-order valence-corrected chi connectivity index (χ4v) is 4.93. The van der Waals surface area contributed by atoms with Gasteiger partial charge in [-0.25, -0.2) is 19.2 Å². The lowest BCUT2D eigenvalue weighted by molar-refractivity contribution is 0.0786. The molecule has 3 aromatic carbocycles. The molecule has 0 unspecified atom stereocenters. The zero-order valence-electron chi connectivity index (χ0n) is 25.2. The number of benzene rings is 3. The van der Waals surface area contributed by atoms with E-state index in [0.29, 0.717) is 17.2 Å². The van der Waals surface area contributed by atoms with E-state index < -0.39 is 24.1 Å². The average molecular weight is 590 g/mol. The summed E-state index contributed by atoms with van der Waals surface area (Å²) in [5.74, 6) is -0.0743. The van der Waals surface area contributed by atoms with E-state index in [4.69, 9.17) is 9.84 Å². The van der Waals surface area contributed by atoms with Crippen molar-refractivity contribution in [2.24, 2.45) is 0 Å². The number of fused-ring (bicyclic) bond motifs is 1. The van der Waals surface area contributed by atoms with Gasteiger partial charge in [-0.2, -0.15) is 5.10 Å². The van der Waals surface area contributed by atoms with Crippen LogP contribution < -0.4 is 10.6 Å². The smallest absolute Gasteiger partial charge is 0.417 e. The Bertz CT molecular complexity index is 1810. The predicted octanol–water partition coefficient (Wildman–Crippen LogP) is 7.62. The topological polar surface area (TPSA) is 106 Å². The molecule has 224 valence electrons. The Morgan fingerprint density at radius 2 is 1.75 bits per heavy atom. The van der Waals surface area contributed by atoms with Crippen LogP contribution in [0.4, 0.5) is 21.1 Å². The maximum atomic E-state index is 13.7. The Morgan fingerprint density at radius 1 is 1.00 bits per heavy atom. The van der Waals surface area contributed by atoms with Crippen LogP contribution in [0.3, 0.4) is 0 Å². The molecule has 1 atom stereocenters. The van der Waals surface area contributed by atoms with Crippen LogP contribution in [0.5, 0.6) is 0 Å². The number of hydrogen-bond acceptors (Lipinski definition) is 5. The number of nitrogens with one attached hydrogen (secondary N) is 2. The number of amides is 4. The number of cyclic esters (lactones) is 1. The number of nitrogens with zero attached hydrogens (tertiary/aromatic N) is 3. The molecule has 1 fully saturated rings. The summed E-state index contributed by atoms with van der Waals surface area (Å²) < 4.78 is 6.84. The number of aromatic nitrogens is 2. The molecule has 1 saturated heterocycles. The summed E-state index contributed by atoms with van der Waals surface area (Å²) in [5.41, 5.74) is 2.70. The molecule has 0 spiro atoms. The van der Waals surface area contributed by atoms with Gasteiger partial charge in [-0.1, -0.05) is 94.1 Å². The molecular formula is C35H35N5O4. The Balaban J connectivity index is 1.45. The fourth-order valence-electron chi connectivity index (χ4n) is 4.93. The summed E-state index contributed by atoms with van der Waals surface area (Å²) in [6.45, 7) is 11.7. The molecule has 0 saturated carbocycles. The second-order valence-corrected chi connectivity index (χ2v) is 11.5. The summed E-state index contributed by atoms with van der Waals surface area (Å²) >= 11 is 0. The molecular weight excluding hydrogens is 554 g/mol. The third kappa shape index (κ3) is 6.32. The monoisotopic (exact) mass is 589 g/mol. The molecule has 1 aliphatic rings. The van der Waals surface area contributed by atoms with Crippen molar-refractivity contribution in [3.8, 4) is 5.69 Å². The number of carbonyl (C=O) groups excluding carboxylic acids is 3. The van der Waals surface area contributed by atoms with Gasteiger partial charge in [-0.05, 0) is 42.1 Å². The quantitative estimate of drug-likeness (QED) is 0.216. The van der Waals surface area contributed by atoms with E-state index in [2.05, 4.69) is 17.2 Å². The first kappa shape index (κ1) is 30.0. The first-order chi connectivity index (χ1) is 21.1. The normalized spacial score (nSPS) is 15.5. The summed E-state index contributed by atoms with van der Waals surface area (Å²) in [7, 11) is 0. The molecule has 44 heavy (non-hydrogen) atoms. The van der Waals surface area contributed by atoms with E-state index >= 15 is 0 Å². The zero-order valence-corrected chi connectivity index (χ0v) is 25.2. The number of anilines is 2. The summed E-state index contributed by atoms with van der Waals surface area (Å²) in [5, 5.41) is 12.6. The highest BCUT2D eigenvalue weighted by molar-refractivity contribution is 6.06. The van der Waals surface area contributed by atoms with Gasteiger partial charge in [0.25, 0.3) is 5.91 Å². The van der Waals surface area contributed by atoms with Gasteiger partial charge in [0.2, 0.25) is 0 Å². The van der Waals surface area contributed by atoms with Crippen LogP contribution in [-0.4, -0.2) is 45.4 Å². The molecule has 0 aliphatic carbocycles. The standard InChI is InChI=1S/C35H35N5O4/c1-6-7-8-13-23(2)29-22-44-34(43)39(29)32(41)25-16-11-17-26(20-25)40-31(21-30(38-40)35(3,4)5)37-33(42)36-28-19-12-15-24-14-9-10-18-27(24)28/h6-21,29H,1,22H2,2-5H3,(H2,36,37,42)/b8-7-,23-13+/t29-/m0/s1. The molecule has 0 radical (unpaired) electrons. The maximum absolute atomic E-state index is 13.7. The Labute approximate surface area is 256 Å². The number of hydrogen-bond donors (Lipinski definition) is 2. The Kier molecular flexibility index (Phi) is 8.48. The van der Waals surface area contributed by atoms with E-state index in [1.165, 1.54) is 0 Å². The van der Waals surface area contributed by atoms with Crippen molar-refractivity contribution in [2.45, 2.75) is 39.2 Å². The van der Waals surface area contributed by atoms with Crippen LogP contribution in [0.2, 0.25) is 0 Å². The molecule has 9 nitrogen and oxygen atoms in total. The molecule has 2 heterocycles. The van der Waals surface area contributed by atoms with Gasteiger partial charge in [0.05, 0.1) is 23.1 Å². The number of allylic oxidation sites excluding steroid dienone is 4. The number of carbonyl (C=O) groups is 3. The van der Waals surface area contributed by atoms with Crippen molar-refractivity contribution < 1.29 is 19.1 Å². The van der Waals surface area contributed by atoms with Crippen LogP contribution in [0.1, 0.15) is 43.7 Å². The molecule has 2 N–H and O–H groups in total. The highest BCUT2D eigenvalue weighted by atomic mass is 16.6. The van der Waals surface area contributed by atoms with Crippen LogP contribution in [0, 0.1) is 0 Å². The SMILES string of the molecule is C=C/C=C\C=C(/C)[C@@H]1COC(=O)N1C(=O)c1cccc(-n2nc(C(C)(C)C)cc2NC(=O)Nc2cccc3ccccc23)c1.